The Morgan fingerprint density at radius 3 is 2.88 bits per heavy atom. The number of carboxylic acids is 1. The number of amides is 1. The van der Waals surface area contributed by atoms with Gasteiger partial charge in [0.15, 0.2) is 0 Å². The molecule has 5 heteroatoms. The molecule has 2 heterocycles. The molecule has 0 bridgehead atoms. The zero-order chi connectivity index (χ0) is 12.4. The Kier molecular flexibility index (Phi) is 3.66. The van der Waals surface area contributed by atoms with Crippen molar-refractivity contribution in [2.75, 3.05) is 13.1 Å². The van der Waals surface area contributed by atoms with Gasteiger partial charge in [-0.15, -0.1) is 0 Å². The van der Waals surface area contributed by atoms with Crippen LogP contribution in [-0.2, 0) is 9.59 Å². The Morgan fingerprint density at radius 2 is 2.24 bits per heavy atom. The number of hydrogen-bond donors (Lipinski definition) is 2. The highest BCUT2D eigenvalue weighted by molar-refractivity contribution is 5.77. The number of hydrogen-bond acceptors (Lipinski definition) is 3. The number of aliphatic carboxylic acids is 1. The summed E-state index contributed by atoms with van der Waals surface area (Å²) in [5.74, 6) is -0.891. The lowest BCUT2D eigenvalue weighted by Gasteiger charge is -2.30. The van der Waals surface area contributed by atoms with Crippen LogP contribution in [0.1, 0.15) is 32.6 Å². The van der Waals surface area contributed by atoms with Crippen molar-refractivity contribution < 1.29 is 14.7 Å². The normalized spacial score (nSPS) is 35.4. The molecule has 2 aliphatic heterocycles. The molecular weight excluding hydrogens is 220 g/mol. The summed E-state index contributed by atoms with van der Waals surface area (Å²) >= 11 is 0. The lowest BCUT2D eigenvalue weighted by molar-refractivity contribution is -0.142. The van der Waals surface area contributed by atoms with Crippen LogP contribution in [0.2, 0.25) is 0 Å². The van der Waals surface area contributed by atoms with E-state index in [1.54, 1.807) is 0 Å². The third kappa shape index (κ3) is 2.60. The van der Waals surface area contributed by atoms with Crippen LogP contribution in [0.5, 0.6) is 0 Å². The van der Waals surface area contributed by atoms with Crippen molar-refractivity contribution in [1.29, 1.82) is 0 Å². The number of nitrogens with one attached hydrogen (secondary N) is 1. The molecule has 0 radical (unpaired) electrons. The second-order valence-electron chi connectivity index (χ2n) is 5.06. The molecule has 0 aromatic carbocycles. The molecule has 17 heavy (non-hydrogen) atoms. The van der Waals surface area contributed by atoms with Gasteiger partial charge in [0.05, 0.1) is 5.92 Å². The molecule has 96 valence electrons. The van der Waals surface area contributed by atoms with Gasteiger partial charge in [0.25, 0.3) is 0 Å². The summed E-state index contributed by atoms with van der Waals surface area (Å²) in [4.78, 5) is 24.8. The summed E-state index contributed by atoms with van der Waals surface area (Å²) in [5.41, 5.74) is 0. The van der Waals surface area contributed by atoms with Gasteiger partial charge in [-0.25, -0.2) is 0 Å². The highest BCUT2D eigenvalue weighted by atomic mass is 16.4. The van der Waals surface area contributed by atoms with E-state index in [1.165, 1.54) is 0 Å². The molecule has 2 fully saturated rings. The van der Waals surface area contributed by atoms with Crippen molar-refractivity contribution in [3.05, 3.63) is 0 Å². The summed E-state index contributed by atoms with van der Waals surface area (Å²) in [7, 11) is 0. The first-order valence-electron chi connectivity index (χ1n) is 6.35. The molecule has 0 spiro atoms. The first-order chi connectivity index (χ1) is 8.09. The lowest BCUT2D eigenvalue weighted by atomic mass is 10.0. The molecule has 3 unspecified atom stereocenters. The Hall–Kier alpha value is -1.10. The van der Waals surface area contributed by atoms with Crippen molar-refractivity contribution in [3.63, 3.8) is 0 Å². The Morgan fingerprint density at radius 1 is 1.47 bits per heavy atom. The SMILES string of the molecule is CC1C(C(=O)O)CCN1C1CCCNC(=O)C1. The van der Waals surface area contributed by atoms with Crippen molar-refractivity contribution in [2.45, 2.75) is 44.7 Å². The van der Waals surface area contributed by atoms with Crippen LogP contribution in [0, 0.1) is 5.92 Å². The quantitative estimate of drug-likeness (QED) is 0.735. The minimum absolute atomic E-state index is 0.0448. The minimum Gasteiger partial charge on any atom is -0.481 e. The van der Waals surface area contributed by atoms with Gasteiger partial charge in [0.2, 0.25) is 5.91 Å². The van der Waals surface area contributed by atoms with Crippen LogP contribution in [0.15, 0.2) is 0 Å². The number of rotatable bonds is 2. The second kappa shape index (κ2) is 5.04. The first kappa shape index (κ1) is 12.4. The Labute approximate surface area is 101 Å². The number of carbonyl (C=O) groups excluding carboxylic acids is 1. The zero-order valence-electron chi connectivity index (χ0n) is 10.2. The van der Waals surface area contributed by atoms with Gasteiger partial charge in [-0.1, -0.05) is 0 Å². The van der Waals surface area contributed by atoms with Crippen molar-refractivity contribution in [2.24, 2.45) is 5.92 Å². The molecule has 2 N–H and O–H groups in total. The predicted molar refractivity (Wildman–Crippen MR) is 62.6 cm³/mol. The molecule has 2 aliphatic rings. The van der Waals surface area contributed by atoms with E-state index in [1.807, 2.05) is 6.92 Å². The largest absolute Gasteiger partial charge is 0.481 e. The van der Waals surface area contributed by atoms with Crippen LogP contribution in [-0.4, -0.2) is 47.1 Å². The van der Waals surface area contributed by atoms with Crippen molar-refractivity contribution in [3.8, 4) is 0 Å². The molecule has 5 nitrogen and oxygen atoms in total. The second-order valence-corrected chi connectivity index (χ2v) is 5.06. The average Bonchev–Trinajstić information content (AvgIpc) is 2.51. The number of likely N-dealkylation sites (tertiary alicyclic amines) is 1. The topological polar surface area (TPSA) is 69.6 Å². The number of nitrogens with zero attached hydrogens (tertiary/aromatic N) is 1. The molecule has 0 aromatic rings. The van der Waals surface area contributed by atoms with E-state index in [0.717, 1.165) is 25.9 Å². The molecular formula is C12H20N2O3. The predicted octanol–water partition coefficient (Wildman–Crippen LogP) is 0.450. The molecule has 2 saturated heterocycles. The summed E-state index contributed by atoms with van der Waals surface area (Å²) in [5, 5.41) is 12.0. The van der Waals surface area contributed by atoms with Crippen LogP contribution in [0.4, 0.5) is 0 Å². The Balaban J connectivity index is 2.02. The first-order valence-corrected chi connectivity index (χ1v) is 6.35. The molecule has 0 saturated carbocycles. The molecule has 1 amide bonds. The van der Waals surface area contributed by atoms with E-state index in [2.05, 4.69) is 10.2 Å². The molecule has 3 atom stereocenters. The standard InChI is InChI=1S/C12H20N2O3/c1-8-10(12(16)17)4-6-14(8)9-3-2-5-13-11(15)7-9/h8-10H,2-7H2,1H3,(H,13,15)(H,16,17). The van der Waals surface area contributed by atoms with Crippen molar-refractivity contribution in [1.82, 2.24) is 10.2 Å². The summed E-state index contributed by atoms with van der Waals surface area (Å²) in [6.45, 7) is 3.52. The number of carbonyl (C=O) groups is 2. The van der Waals surface area contributed by atoms with Crippen LogP contribution < -0.4 is 5.32 Å². The third-order valence-electron chi connectivity index (χ3n) is 4.05. The summed E-state index contributed by atoms with van der Waals surface area (Å²) in [6, 6.07) is 0.264. The minimum atomic E-state index is -0.710. The lowest BCUT2D eigenvalue weighted by Crippen LogP contribution is -2.41. The monoisotopic (exact) mass is 240 g/mol. The van der Waals surface area contributed by atoms with Crippen LogP contribution >= 0.6 is 0 Å². The fourth-order valence-corrected chi connectivity index (χ4v) is 3.05. The van der Waals surface area contributed by atoms with Crippen LogP contribution in [0.3, 0.4) is 0 Å². The maximum Gasteiger partial charge on any atom is 0.308 e. The van der Waals surface area contributed by atoms with Gasteiger partial charge in [-0.05, 0) is 32.7 Å². The van der Waals surface area contributed by atoms with Gasteiger partial charge in [-0.3, -0.25) is 14.5 Å². The molecule has 2 rings (SSSR count). The van der Waals surface area contributed by atoms with Crippen molar-refractivity contribution >= 4 is 11.9 Å². The van der Waals surface area contributed by atoms with E-state index in [9.17, 15) is 9.59 Å². The van der Waals surface area contributed by atoms with E-state index in [-0.39, 0.29) is 23.9 Å². The summed E-state index contributed by atoms with van der Waals surface area (Å²) < 4.78 is 0. The van der Waals surface area contributed by atoms with Gasteiger partial charge in [0, 0.05) is 25.0 Å². The molecule has 0 aliphatic carbocycles. The van der Waals surface area contributed by atoms with Gasteiger partial charge in [-0.2, -0.15) is 0 Å². The van der Waals surface area contributed by atoms with Crippen LogP contribution in [0.25, 0.3) is 0 Å². The third-order valence-corrected chi connectivity index (χ3v) is 4.05. The number of carboxylic acid groups (broad SMARTS) is 1. The highest BCUT2D eigenvalue weighted by Gasteiger charge is 2.39. The maximum absolute atomic E-state index is 11.5. The Bertz CT molecular complexity index is 319. The average molecular weight is 240 g/mol. The summed E-state index contributed by atoms with van der Waals surface area (Å²) in [6.07, 6.45) is 3.18. The van der Waals surface area contributed by atoms with Gasteiger partial charge < -0.3 is 10.4 Å². The van der Waals surface area contributed by atoms with Gasteiger partial charge in [0.1, 0.15) is 0 Å². The zero-order valence-corrected chi connectivity index (χ0v) is 10.2. The fraction of sp³-hybridized carbons (Fsp3) is 0.833. The van der Waals surface area contributed by atoms with E-state index < -0.39 is 5.97 Å². The van der Waals surface area contributed by atoms with Gasteiger partial charge >= 0.3 is 5.97 Å². The molecule has 0 aromatic heterocycles. The van der Waals surface area contributed by atoms with E-state index in [4.69, 9.17) is 5.11 Å². The smallest absolute Gasteiger partial charge is 0.308 e. The fourth-order valence-electron chi connectivity index (χ4n) is 3.05. The van der Waals surface area contributed by atoms with E-state index in [0.29, 0.717) is 12.8 Å². The maximum atomic E-state index is 11.5. The highest BCUT2D eigenvalue weighted by Crippen LogP contribution is 2.29. The van der Waals surface area contributed by atoms with E-state index >= 15 is 0 Å².